The van der Waals surface area contributed by atoms with Gasteiger partial charge in [-0.3, -0.25) is 0 Å². The third-order valence-corrected chi connectivity index (χ3v) is 5.13. The van der Waals surface area contributed by atoms with E-state index in [2.05, 4.69) is 4.72 Å². The molecule has 1 heterocycles. The molecule has 6 nitrogen and oxygen atoms in total. The van der Waals surface area contributed by atoms with E-state index in [9.17, 15) is 13.5 Å². The Hall–Kier alpha value is -1.15. The number of aryl methyl sites for hydroxylation is 1. The first-order chi connectivity index (χ1) is 9.23. The van der Waals surface area contributed by atoms with Gasteiger partial charge in [-0.1, -0.05) is 0 Å². The van der Waals surface area contributed by atoms with Gasteiger partial charge in [-0.05, 0) is 37.1 Å². The Balaban J connectivity index is 2.22. The van der Waals surface area contributed by atoms with Crippen molar-refractivity contribution in [2.24, 2.45) is 0 Å². The second-order valence-electron chi connectivity index (χ2n) is 5.31. The van der Waals surface area contributed by atoms with Gasteiger partial charge in [0, 0.05) is 25.3 Å². The summed E-state index contributed by atoms with van der Waals surface area (Å²) in [4.78, 5) is 0.150. The molecule has 1 atom stereocenters. The number of hydrogen-bond donors (Lipinski definition) is 3. The smallest absolute Gasteiger partial charge is 0.241 e. The van der Waals surface area contributed by atoms with Crippen LogP contribution < -0.4 is 10.5 Å². The number of aliphatic hydroxyl groups is 1. The maximum atomic E-state index is 12.3. The van der Waals surface area contributed by atoms with E-state index in [1.807, 2.05) is 6.92 Å². The lowest BCUT2D eigenvalue weighted by Gasteiger charge is -2.21. The average molecular weight is 300 g/mol. The zero-order chi connectivity index (χ0) is 15.0. The molecule has 0 radical (unpaired) electrons. The highest BCUT2D eigenvalue weighted by molar-refractivity contribution is 7.89. The third-order valence-electron chi connectivity index (χ3n) is 3.61. The molecule has 1 unspecified atom stereocenters. The van der Waals surface area contributed by atoms with Crippen LogP contribution in [0.5, 0.6) is 0 Å². The Morgan fingerprint density at radius 1 is 1.45 bits per heavy atom. The summed E-state index contributed by atoms with van der Waals surface area (Å²) in [5.41, 5.74) is 6.45. The van der Waals surface area contributed by atoms with Gasteiger partial charge in [0.15, 0.2) is 0 Å². The van der Waals surface area contributed by atoms with Crippen LogP contribution in [0, 0.1) is 13.8 Å². The maximum absolute atomic E-state index is 12.3. The number of ether oxygens (including phenoxy) is 1. The number of rotatable bonds is 4. The predicted octanol–water partition coefficient (Wildman–Crippen LogP) is 0.315. The highest BCUT2D eigenvalue weighted by atomic mass is 32.2. The predicted molar refractivity (Wildman–Crippen MR) is 75.9 cm³/mol. The lowest BCUT2D eigenvalue weighted by molar-refractivity contribution is 0.0314. The minimum absolute atomic E-state index is 0.0668. The van der Waals surface area contributed by atoms with Crippen LogP contribution in [-0.4, -0.2) is 38.9 Å². The van der Waals surface area contributed by atoms with Crippen LogP contribution >= 0.6 is 0 Å². The first kappa shape index (κ1) is 15.2. The summed E-state index contributed by atoms with van der Waals surface area (Å²) in [6, 6.07) is 3.16. The van der Waals surface area contributed by atoms with Crippen LogP contribution in [0.25, 0.3) is 0 Å². The number of hydrogen-bond acceptors (Lipinski definition) is 5. The number of nitrogens with one attached hydrogen (secondary N) is 1. The molecule has 1 aliphatic heterocycles. The summed E-state index contributed by atoms with van der Waals surface area (Å²) >= 11 is 0. The molecule has 1 aromatic carbocycles. The number of benzene rings is 1. The lowest BCUT2D eigenvalue weighted by atomic mass is 10.1. The van der Waals surface area contributed by atoms with E-state index in [4.69, 9.17) is 10.5 Å². The molecule has 112 valence electrons. The monoisotopic (exact) mass is 300 g/mol. The van der Waals surface area contributed by atoms with Gasteiger partial charge in [-0.2, -0.15) is 0 Å². The van der Waals surface area contributed by atoms with Gasteiger partial charge in [0.05, 0.1) is 11.5 Å². The fourth-order valence-corrected chi connectivity index (χ4v) is 3.65. The highest BCUT2D eigenvalue weighted by Gasteiger charge is 2.34. The molecule has 1 aromatic rings. The molecular weight excluding hydrogens is 280 g/mol. The highest BCUT2D eigenvalue weighted by Crippen LogP contribution is 2.23. The normalized spacial score (nSPS) is 23.1. The molecular formula is C13H20N2O4S. The maximum Gasteiger partial charge on any atom is 0.241 e. The molecule has 1 fully saturated rings. The van der Waals surface area contributed by atoms with Gasteiger partial charge in [0.2, 0.25) is 10.0 Å². The number of nitrogens with two attached hydrogens (primary N) is 1. The van der Waals surface area contributed by atoms with Gasteiger partial charge in [-0.15, -0.1) is 0 Å². The zero-order valence-electron chi connectivity index (χ0n) is 11.6. The van der Waals surface area contributed by atoms with Crippen molar-refractivity contribution in [2.75, 3.05) is 25.5 Å². The van der Waals surface area contributed by atoms with Crippen molar-refractivity contribution in [3.05, 3.63) is 23.3 Å². The first-order valence-corrected chi connectivity index (χ1v) is 7.88. The molecule has 0 spiro atoms. The minimum Gasteiger partial charge on any atom is -0.399 e. The molecule has 0 saturated carbocycles. The van der Waals surface area contributed by atoms with Crippen LogP contribution in [-0.2, 0) is 14.8 Å². The van der Waals surface area contributed by atoms with E-state index >= 15 is 0 Å². The van der Waals surface area contributed by atoms with Crippen molar-refractivity contribution in [2.45, 2.75) is 30.8 Å². The van der Waals surface area contributed by atoms with E-state index in [1.165, 1.54) is 6.07 Å². The van der Waals surface area contributed by atoms with Crippen molar-refractivity contribution in [3.8, 4) is 0 Å². The summed E-state index contributed by atoms with van der Waals surface area (Å²) in [6.45, 7) is 4.06. The minimum atomic E-state index is -3.71. The summed E-state index contributed by atoms with van der Waals surface area (Å²) in [7, 11) is -3.71. The molecule has 0 amide bonds. The summed E-state index contributed by atoms with van der Waals surface area (Å²) in [5.74, 6) is 0. The summed E-state index contributed by atoms with van der Waals surface area (Å²) in [5, 5.41) is 10.1. The van der Waals surface area contributed by atoms with E-state index in [0.29, 0.717) is 24.3 Å². The molecule has 0 bridgehead atoms. The van der Waals surface area contributed by atoms with Gasteiger partial charge in [0.1, 0.15) is 5.60 Å². The van der Waals surface area contributed by atoms with Crippen molar-refractivity contribution in [3.63, 3.8) is 0 Å². The summed E-state index contributed by atoms with van der Waals surface area (Å²) < 4.78 is 32.2. The fourth-order valence-electron chi connectivity index (χ4n) is 2.18. The Bertz CT molecular complexity index is 607. The number of anilines is 1. The lowest BCUT2D eigenvalue weighted by Crippen LogP contribution is -2.43. The van der Waals surface area contributed by atoms with E-state index in [1.54, 1.807) is 13.0 Å². The Morgan fingerprint density at radius 3 is 2.75 bits per heavy atom. The largest absolute Gasteiger partial charge is 0.399 e. The fraction of sp³-hybridized carbons (Fsp3) is 0.538. The molecule has 2 rings (SSSR count). The van der Waals surface area contributed by atoms with Crippen LogP contribution in [0.4, 0.5) is 5.69 Å². The SMILES string of the molecule is Cc1cc(N)cc(S(=O)(=O)NCC2(O)CCOC2)c1C. The van der Waals surface area contributed by atoms with Crippen molar-refractivity contribution >= 4 is 15.7 Å². The van der Waals surface area contributed by atoms with Crippen molar-refractivity contribution < 1.29 is 18.3 Å². The molecule has 1 aliphatic rings. The van der Waals surface area contributed by atoms with Crippen LogP contribution in [0.3, 0.4) is 0 Å². The molecule has 7 heteroatoms. The second-order valence-corrected chi connectivity index (χ2v) is 7.05. The topological polar surface area (TPSA) is 102 Å². The first-order valence-electron chi connectivity index (χ1n) is 6.40. The van der Waals surface area contributed by atoms with E-state index < -0.39 is 15.6 Å². The van der Waals surface area contributed by atoms with Gasteiger partial charge in [-0.25, -0.2) is 13.1 Å². The molecule has 0 aromatic heterocycles. The van der Waals surface area contributed by atoms with E-state index in [-0.39, 0.29) is 18.0 Å². The van der Waals surface area contributed by atoms with Gasteiger partial charge < -0.3 is 15.6 Å². The van der Waals surface area contributed by atoms with Crippen molar-refractivity contribution in [1.29, 1.82) is 0 Å². The molecule has 4 N–H and O–H groups in total. The Kier molecular flexibility index (Phi) is 4.06. The third kappa shape index (κ3) is 3.12. The van der Waals surface area contributed by atoms with Crippen LogP contribution in [0.15, 0.2) is 17.0 Å². The Labute approximate surface area is 119 Å². The summed E-state index contributed by atoms with van der Waals surface area (Å²) in [6.07, 6.45) is 0.421. The number of sulfonamides is 1. The van der Waals surface area contributed by atoms with E-state index in [0.717, 1.165) is 5.56 Å². The quantitative estimate of drug-likeness (QED) is 0.695. The second kappa shape index (κ2) is 5.33. The molecule has 20 heavy (non-hydrogen) atoms. The van der Waals surface area contributed by atoms with Gasteiger partial charge >= 0.3 is 0 Å². The Morgan fingerprint density at radius 2 is 2.15 bits per heavy atom. The van der Waals surface area contributed by atoms with Crippen LogP contribution in [0.1, 0.15) is 17.5 Å². The van der Waals surface area contributed by atoms with Gasteiger partial charge in [0.25, 0.3) is 0 Å². The molecule has 1 saturated heterocycles. The van der Waals surface area contributed by atoms with Crippen molar-refractivity contribution in [1.82, 2.24) is 4.72 Å². The average Bonchev–Trinajstić information content (AvgIpc) is 2.79. The van der Waals surface area contributed by atoms with Crippen LogP contribution in [0.2, 0.25) is 0 Å². The molecule has 0 aliphatic carbocycles. The number of nitrogen functional groups attached to an aromatic ring is 1. The standard InChI is InChI=1S/C13H20N2O4S/c1-9-5-11(14)6-12(10(9)2)20(17,18)15-7-13(16)3-4-19-8-13/h5-6,15-16H,3-4,7-8,14H2,1-2H3. The zero-order valence-corrected chi connectivity index (χ0v) is 12.5.